The van der Waals surface area contributed by atoms with E-state index in [0.717, 1.165) is 30.1 Å². The number of hydrogen-bond acceptors (Lipinski definition) is 0. The van der Waals surface area contributed by atoms with Crippen molar-refractivity contribution in [2.75, 3.05) is 0 Å². The van der Waals surface area contributed by atoms with E-state index < -0.39 is 0 Å². The van der Waals surface area contributed by atoms with Gasteiger partial charge >= 0.3 is 0 Å². The molecule has 0 aliphatic heterocycles. The maximum absolute atomic E-state index is 2.41. The fourth-order valence-corrected chi connectivity index (χ4v) is 5.87. The second-order valence-electron chi connectivity index (χ2n) is 10.6. The van der Waals surface area contributed by atoms with Crippen LogP contribution in [0.15, 0.2) is 48.5 Å². The van der Waals surface area contributed by atoms with Crippen molar-refractivity contribution in [1.82, 2.24) is 0 Å². The lowest BCUT2D eigenvalue weighted by Gasteiger charge is -2.27. The molecule has 0 atom stereocenters. The molecule has 2 aromatic carbocycles. The standard InChI is InChI=1S/C30H42/c1-3-24-8-10-26(11-9-24)21-28-16-18-30(19-17-28)22-29-14-12-27(13-15-29)20-25-6-4-23(2)5-7-25/h12-19,23-26H,3-11,20-22H2,1-2H3. The lowest BCUT2D eigenvalue weighted by Crippen LogP contribution is -2.15. The van der Waals surface area contributed by atoms with Gasteiger partial charge < -0.3 is 0 Å². The maximum atomic E-state index is 2.41. The first-order chi connectivity index (χ1) is 14.7. The minimum Gasteiger partial charge on any atom is -0.0651 e. The fourth-order valence-electron chi connectivity index (χ4n) is 5.87. The fraction of sp³-hybridized carbons (Fsp3) is 0.600. The van der Waals surface area contributed by atoms with Crippen LogP contribution in [0.5, 0.6) is 0 Å². The van der Waals surface area contributed by atoms with Crippen LogP contribution in [-0.4, -0.2) is 0 Å². The highest BCUT2D eigenvalue weighted by Crippen LogP contribution is 2.33. The molecule has 0 radical (unpaired) electrons. The summed E-state index contributed by atoms with van der Waals surface area (Å²) in [6.45, 7) is 4.77. The molecule has 2 aliphatic rings. The van der Waals surface area contributed by atoms with E-state index in [1.807, 2.05) is 0 Å². The van der Waals surface area contributed by atoms with Crippen LogP contribution >= 0.6 is 0 Å². The van der Waals surface area contributed by atoms with Crippen LogP contribution in [-0.2, 0) is 19.3 Å². The third kappa shape index (κ3) is 6.22. The SMILES string of the molecule is CCC1CCC(Cc2ccc(Cc3ccc(CC4CCC(C)CC4)cc3)cc2)CC1. The van der Waals surface area contributed by atoms with Crippen LogP contribution in [0.25, 0.3) is 0 Å². The van der Waals surface area contributed by atoms with Gasteiger partial charge in [-0.25, -0.2) is 0 Å². The molecule has 0 unspecified atom stereocenters. The lowest BCUT2D eigenvalue weighted by molar-refractivity contribution is 0.268. The van der Waals surface area contributed by atoms with Crippen molar-refractivity contribution in [3.63, 3.8) is 0 Å². The van der Waals surface area contributed by atoms with Crippen LogP contribution in [0.1, 0.15) is 93.9 Å². The topological polar surface area (TPSA) is 0 Å². The van der Waals surface area contributed by atoms with Crippen LogP contribution in [0.2, 0.25) is 0 Å². The van der Waals surface area contributed by atoms with Gasteiger partial charge in [-0.2, -0.15) is 0 Å². The van der Waals surface area contributed by atoms with E-state index in [0.29, 0.717) is 0 Å². The van der Waals surface area contributed by atoms with E-state index in [-0.39, 0.29) is 0 Å². The van der Waals surface area contributed by atoms with Crippen LogP contribution in [0.3, 0.4) is 0 Å². The monoisotopic (exact) mass is 402 g/mol. The van der Waals surface area contributed by atoms with Gasteiger partial charge in [0.15, 0.2) is 0 Å². The molecule has 0 heteroatoms. The molecule has 2 aliphatic carbocycles. The zero-order valence-corrected chi connectivity index (χ0v) is 19.4. The highest BCUT2D eigenvalue weighted by atomic mass is 14.3. The van der Waals surface area contributed by atoms with E-state index >= 15 is 0 Å². The van der Waals surface area contributed by atoms with Crippen molar-refractivity contribution >= 4 is 0 Å². The molecular formula is C30H42. The van der Waals surface area contributed by atoms with Crippen LogP contribution in [0, 0.1) is 23.7 Å². The van der Waals surface area contributed by atoms with E-state index in [1.54, 1.807) is 0 Å². The van der Waals surface area contributed by atoms with Gasteiger partial charge in [-0.1, -0.05) is 94.5 Å². The van der Waals surface area contributed by atoms with Crippen molar-refractivity contribution < 1.29 is 0 Å². The van der Waals surface area contributed by atoms with Gasteiger partial charge in [0.1, 0.15) is 0 Å². The molecule has 0 spiro atoms. The molecule has 30 heavy (non-hydrogen) atoms. The second-order valence-corrected chi connectivity index (χ2v) is 10.6. The molecule has 0 N–H and O–H groups in total. The van der Waals surface area contributed by atoms with Gasteiger partial charge in [-0.05, 0) is 90.9 Å². The summed E-state index contributed by atoms with van der Waals surface area (Å²) < 4.78 is 0. The molecule has 0 bridgehead atoms. The van der Waals surface area contributed by atoms with Crippen molar-refractivity contribution in [3.05, 3.63) is 70.8 Å². The molecule has 2 fully saturated rings. The lowest BCUT2D eigenvalue weighted by atomic mass is 9.78. The third-order valence-corrected chi connectivity index (χ3v) is 8.18. The average Bonchev–Trinajstić information content (AvgIpc) is 2.78. The van der Waals surface area contributed by atoms with E-state index in [4.69, 9.17) is 0 Å². The predicted molar refractivity (Wildman–Crippen MR) is 130 cm³/mol. The Morgan fingerprint density at radius 1 is 0.533 bits per heavy atom. The molecule has 0 saturated heterocycles. The van der Waals surface area contributed by atoms with Gasteiger partial charge in [0.05, 0.1) is 0 Å². The summed E-state index contributed by atoms with van der Waals surface area (Å²) in [4.78, 5) is 0. The summed E-state index contributed by atoms with van der Waals surface area (Å²) in [6.07, 6.45) is 16.5. The summed E-state index contributed by atoms with van der Waals surface area (Å²) in [5.41, 5.74) is 5.96. The Kier molecular flexibility index (Phi) is 7.69. The Labute approximate surface area is 185 Å². The van der Waals surface area contributed by atoms with E-state index in [2.05, 4.69) is 62.4 Å². The quantitative estimate of drug-likeness (QED) is 0.436. The molecule has 0 aromatic heterocycles. The Morgan fingerprint density at radius 3 is 1.33 bits per heavy atom. The number of rotatable bonds is 7. The normalized spacial score (nSPS) is 27.1. The van der Waals surface area contributed by atoms with Crippen LogP contribution in [0.4, 0.5) is 0 Å². The summed E-state index contributed by atoms with van der Waals surface area (Å²) >= 11 is 0. The Bertz CT molecular complexity index is 738. The first-order valence-electron chi connectivity index (χ1n) is 12.8. The zero-order chi connectivity index (χ0) is 20.8. The predicted octanol–water partition coefficient (Wildman–Crippen LogP) is 8.41. The Balaban J connectivity index is 1.25. The molecule has 2 aromatic rings. The number of hydrogen-bond donors (Lipinski definition) is 0. The minimum atomic E-state index is 0.914. The summed E-state index contributed by atoms with van der Waals surface area (Å²) in [6, 6.07) is 19.0. The van der Waals surface area contributed by atoms with Crippen molar-refractivity contribution in [2.24, 2.45) is 23.7 Å². The molecule has 0 heterocycles. The van der Waals surface area contributed by atoms with Crippen LogP contribution < -0.4 is 0 Å². The molecule has 162 valence electrons. The van der Waals surface area contributed by atoms with Gasteiger partial charge in [0, 0.05) is 0 Å². The van der Waals surface area contributed by atoms with Crippen molar-refractivity contribution in [1.29, 1.82) is 0 Å². The maximum Gasteiger partial charge on any atom is -0.00258 e. The molecule has 2 saturated carbocycles. The largest absolute Gasteiger partial charge is 0.0651 e. The minimum absolute atomic E-state index is 0.914. The molecular weight excluding hydrogens is 360 g/mol. The second kappa shape index (κ2) is 10.7. The van der Waals surface area contributed by atoms with Gasteiger partial charge in [-0.15, -0.1) is 0 Å². The number of benzene rings is 2. The highest BCUT2D eigenvalue weighted by Gasteiger charge is 2.20. The first-order valence-corrected chi connectivity index (χ1v) is 12.8. The summed E-state index contributed by atoms with van der Waals surface area (Å²) in [5, 5.41) is 0. The Morgan fingerprint density at radius 2 is 0.900 bits per heavy atom. The molecule has 0 nitrogen and oxygen atoms in total. The zero-order valence-electron chi connectivity index (χ0n) is 19.4. The molecule has 0 amide bonds. The first kappa shape index (κ1) is 21.7. The smallest absolute Gasteiger partial charge is 0.00258 e. The van der Waals surface area contributed by atoms with Crippen molar-refractivity contribution in [3.8, 4) is 0 Å². The molecule has 4 rings (SSSR count). The van der Waals surface area contributed by atoms with Gasteiger partial charge in [-0.3, -0.25) is 0 Å². The highest BCUT2D eigenvalue weighted by molar-refractivity contribution is 5.31. The summed E-state index contributed by atoms with van der Waals surface area (Å²) in [7, 11) is 0. The van der Waals surface area contributed by atoms with E-state index in [9.17, 15) is 0 Å². The third-order valence-electron chi connectivity index (χ3n) is 8.18. The van der Waals surface area contributed by atoms with Crippen molar-refractivity contribution in [2.45, 2.75) is 90.9 Å². The summed E-state index contributed by atoms with van der Waals surface area (Å²) in [5.74, 6) is 3.78. The Hall–Kier alpha value is -1.56. The van der Waals surface area contributed by atoms with Gasteiger partial charge in [0.25, 0.3) is 0 Å². The van der Waals surface area contributed by atoms with E-state index in [1.165, 1.54) is 92.9 Å². The average molecular weight is 403 g/mol. The van der Waals surface area contributed by atoms with Gasteiger partial charge in [0.2, 0.25) is 0 Å².